The fourth-order valence-electron chi connectivity index (χ4n) is 2.37. The van der Waals surface area contributed by atoms with Crippen molar-refractivity contribution < 1.29 is 29.3 Å². The summed E-state index contributed by atoms with van der Waals surface area (Å²) in [5.41, 5.74) is 12.2. The molecule has 0 fully saturated rings. The third-order valence-electron chi connectivity index (χ3n) is 3.77. The van der Waals surface area contributed by atoms with Crippen LogP contribution in [0.3, 0.4) is 0 Å². The molecule has 0 radical (unpaired) electrons. The molecule has 0 bridgehead atoms. The minimum absolute atomic E-state index is 0.196. The Balaban J connectivity index is 2.42. The number of nitrogens with two attached hydrogens (primary N) is 2. The minimum Gasteiger partial charge on any atom is -0.497 e. The minimum atomic E-state index is -1.33. The third kappa shape index (κ3) is 4.50. The monoisotopic (exact) mass is 360 g/mol. The standard InChI is InChI=1S/C18H20N2O6/c1-25-12-7-11(14(19)17(21)22)8-13(9-12)26-16(15(20)18(23)24)10-5-3-2-4-6-10/h2-9,14-16H,19-20H2,1H3,(H,21,22)(H,23,24)/t14-,15+,16-/m1/s1. The van der Waals surface area contributed by atoms with Crippen LogP contribution < -0.4 is 20.9 Å². The molecular weight excluding hydrogens is 340 g/mol. The summed E-state index contributed by atoms with van der Waals surface area (Å²) in [6.45, 7) is 0. The lowest BCUT2D eigenvalue weighted by atomic mass is 10.0. The highest BCUT2D eigenvalue weighted by molar-refractivity contribution is 5.76. The van der Waals surface area contributed by atoms with Crippen LogP contribution in [0.2, 0.25) is 0 Å². The summed E-state index contributed by atoms with van der Waals surface area (Å²) >= 11 is 0. The first-order valence-electron chi connectivity index (χ1n) is 7.71. The molecule has 0 spiro atoms. The van der Waals surface area contributed by atoms with E-state index in [0.29, 0.717) is 11.3 Å². The van der Waals surface area contributed by atoms with Gasteiger partial charge in [0.1, 0.15) is 29.7 Å². The number of rotatable bonds is 8. The summed E-state index contributed by atoms with van der Waals surface area (Å²) in [6.07, 6.45) is -0.991. The van der Waals surface area contributed by atoms with Gasteiger partial charge in [-0.2, -0.15) is 0 Å². The van der Waals surface area contributed by atoms with Crippen molar-refractivity contribution in [2.45, 2.75) is 18.2 Å². The Bertz CT molecular complexity index is 781. The largest absolute Gasteiger partial charge is 0.497 e. The van der Waals surface area contributed by atoms with Crippen molar-refractivity contribution in [1.82, 2.24) is 0 Å². The van der Waals surface area contributed by atoms with Gasteiger partial charge in [0.2, 0.25) is 0 Å². The molecule has 2 aromatic rings. The van der Waals surface area contributed by atoms with Crippen LogP contribution in [0.25, 0.3) is 0 Å². The van der Waals surface area contributed by atoms with Gasteiger partial charge in [0.25, 0.3) is 0 Å². The van der Waals surface area contributed by atoms with Crippen LogP contribution in [0.4, 0.5) is 0 Å². The molecule has 0 saturated heterocycles. The fourth-order valence-corrected chi connectivity index (χ4v) is 2.37. The van der Waals surface area contributed by atoms with Gasteiger partial charge in [-0.1, -0.05) is 30.3 Å². The summed E-state index contributed by atoms with van der Waals surface area (Å²) in [6, 6.07) is 10.4. The molecule has 26 heavy (non-hydrogen) atoms. The number of ether oxygens (including phenoxy) is 2. The van der Waals surface area contributed by atoms with Gasteiger partial charge in [-0.15, -0.1) is 0 Å². The number of hydrogen-bond donors (Lipinski definition) is 4. The van der Waals surface area contributed by atoms with E-state index in [-0.39, 0.29) is 11.3 Å². The highest BCUT2D eigenvalue weighted by Gasteiger charge is 2.28. The molecule has 0 aliphatic carbocycles. The van der Waals surface area contributed by atoms with Gasteiger partial charge in [-0.3, -0.25) is 9.59 Å². The number of carbonyl (C=O) groups is 2. The predicted molar refractivity (Wildman–Crippen MR) is 93.0 cm³/mol. The van der Waals surface area contributed by atoms with E-state index in [0.717, 1.165) is 0 Å². The first-order chi connectivity index (χ1) is 12.3. The summed E-state index contributed by atoms with van der Waals surface area (Å²) in [7, 11) is 1.41. The van der Waals surface area contributed by atoms with Crippen LogP contribution in [0, 0.1) is 0 Å². The van der Waals surface area contributed by atoms with Gasteiger partial charge in [-0.05, 0) is 23.3 Å². The number of carboxylic acid groups (broad SMARTS) is 2. The van der Waals surface area contributed by atoms with E-state index >= 15 is 0 Å². The van der Waals surface area contributed by atoms with E-state index < -0.39 is 30.1 Å². The van der Waals surface area contributed by atoms with Crippen molar-refractivity contribution in [3.63, 3.8) is 0 Å². The van der Waals surface area contributed by atoms with Crippen LogP contribution in [-0.4, -0.2) is 35.3 Å². The smallest absolute Gasteiger partial charge is 0.325 e. The molecule has 6 N–H and O–H groups in total. The second kappa shape index (κ2) is 8.32. The van der Waals surface area contributed by atoms with Crippen LogP contribution in [0.1, 0.15) is 23.3 Å². The molecule has 0 aliphatic heterocycles. The lowest BCUT2D eigenvalue weighted by Crippen LogP contribution is -2.39. The van der Waals surface area contributed by atoms with Gasteiger partial charge in [0.15, 0.2) is 0 Å². The quantitative estimate of drug-likeness (QED) is 0.551. The summed E-state index contributed by atoms with van der Waals surface area (Å²) in [4.78, 5) is 22.5. The third-order valence-corrected chi connectivity index (χ3v) is 3.77. The molecule has 8 nitrogen and oxygen atoms in total. The Hall–Kier alpha value is -3.10. The Labute approximate surface area is 149 Å². The van der Waals surface area contributed by atoms with Crippen LogP contribution in [0.15, 0.2) is 48.5 Å². The van der Waals surface area contributed by atoms with E-state index in [9.17, 15) is 14.7 Å². The lowest BCUT2D eigenvalue weighted by Gasteiger charge is -2.24. The van der Waals surface area contributed by atoms with Crippen molar-refractivity contribution in [2.24, 2.45) is 11.5 Å². The average molecular weight is 360 g/mol. The summed E-state index contributed by atoms with van der Waals surface area (Å²) < 4.78 is 10.9. The van der Waals surface area contributed by atoms with Gasteiger partial charge >= 0.3 is 11.9 Å². The average Bonchev–Trinajstić information content (AvgIpc) is 2.65. The Kier molecular flexibility index (Phi) is 6.16. The molecule has 0 aliphatic rings. The van der Waals surface area contributed by atoms with E-state index in [1.807, 2.05) is 0 Å². The number of aliphatic carboxylic acids is 2. The molecule has 0 aromatic heterocycles. The second-order valence-electron chi connectivity index (χ2n) is 5.57. The molecule has 0 saturated carbocycles. The van der Waals surface area contributed by atoms with Crippen molar-refractivity contribution in [3.05, 3.63) is 59.7 Å². The number of carboxylic acids is 2. The highest BCUT2D eigenvalue weighted by Crippen LogP contribution is 2.30. The van der Waals surface area contributed by atoms with Crippen LogP contribution in [0.5, 0.6) is 11.5 Å². The highest BCUT2D eigenvalue weighted by atomic mass is 16.5. The fraction of sp³-hybridized carbons (Fsp3) is 0.222. The van der Waals surface area contributed by atoms with Crippen molar-refractivity contribution in [2.75, 3.05) is 7.11 Å². The topological polar surface area (TPSA) is 145 Å². The van der Waals surface area contributed by atoms with E-state index in [4.69, 9.17) is 26.0 Å². The number of methoxy groups -OCH3 is 1. The van der Waals surface area contributed by atoms with Crippen LogP contribution in [-0.2, 0) is 9.59 Å². The van der Waals surface area contributed by atoms with Crippen molar-refractivity contribution in [1.29, 1.82) is 0 Å². The first kappa shape index (κ1) is 19.2. The van der Waals surface area contributed by atoms with Gasteiger partial charge in [0, 0.05) is 6.07 Å². The Morgan fingerprint density at radius 1 is 0.923 bits per heavy atom. The van der Waals surface area contributed by atoms with E-state index in [2.05, 4.69) is 0 Å². The lowest BCUT2D eigenvalue weighted by molar-refractivity contribution is -0.141. The molecule has 2 rings (SSSR count). The number of hydrogen-bond acceptors (Lipinski definition) is 6. The van der Waals surface area contributed by atoms with E-state index in [1.54, 1.807) is 30.3 Å². The zero-order valence-corrected chi connectivity index (χ0v) is 14.0. The predicted octanol–water partition coefficient (Wildman–Crippen LogP) is 1.31. The Morgan fingerprint density at radius 2 is 1.54 bits per heavy atom. The van der Waals surface area contributed by atoms with Gasteiger partial charge in [-0.25, -0.2) is 0 Å². The van der Waals surface area contributed by atoms with Crippen molar-refractivity contribution in [3.8, 4) is 11.5 Å². The van der Waals surface area contributed by atoms with E-state index in [1.165, 1.54) is 25.3 Å². The van der Waals surface area contributed by atoms with Gasteiger partial charge in [0.05, 0.1) is 7.11 Å². The maximum absolute atomic E-state index is 11.4. The molecule has 8 heteroatoms. The molecule has 2 aromatic carbocycles. The first-order valence-corrected chi connectivity index (χ1v) is 7.71. The molecule has 0 heterocycles. The molecular formula is C18H20N2O6. The Morgan fingerprint density at radius 3 is 2.08 bits per heavy atom. The summed E-state index contributed by atoms with van der Waals surface area (Å²) in [5, 5.41) is 18.4. The molecule has 0 amide bonds. The van der Waals surface area contributed by atoms with Gasteiger partial charge < -0.3 is 31.2 Å². The maximum Gasteiger partial charge on any atom is 0.325 e. The summed E-state index contributed by atoms with van der Waals surface area (Å²) in [5.74, 6) is -1.93. The number of benzene rings is 2. The zero-order valence-electron chi connectivity index (χ0n) is 14.0. The van der Waals surface area contributed by atoms with Crippen molar-refractivity contribution >= 4 is 11.9 Å². The second-order valence-corrected chi connectivity index (χ2v) is 5.57. The van der Waals surface area contributed by atoms with Crippen LogP contribution >= 0.6 is 0 Å². The molecule has 138 valence electrons. The normalized spacial score (nSPS) is 14.1. The molecule has 0 unspecified atom stereocenters. The zero-order chi connectivity index (χ0) is 19.3. The maximum atomic E-state index is 11.4. The SMILES string of the molecule is COc1cc(O[C@H](c2ccccc2)[C@H](N)C(=O)O)cc([C@@H](N)C(=O)O)c1. The molecule has 3 atom stereocenters.